The minimum absolute atomic E-state index is 0.159. The van der Waals surface area contributed by atoms with Gasteiger partial charge in [0.25, 0.3) is 5.91 Å². The van der Waals surface area contributed by atoms with Gasteiger partial charge in [0.1, 0.15) is 0 Å². The van der Waals surface area contributed by atoms with Crippen LogP contribution in [0.1, 0.15) is 53.1 Å². The first-order chi connectivity index (χ1) is 10.6. The fourth-order valence-corrected chi connectivity index (χ4v) is 3.60. The summed E-state index contributed by atoms with van der Waals surface area (Å²) in [4.78, 5) is 19.1. The minimum atomic E-state index is 0.159. The lowest BCUT2D eigenvalue weighted by atomic mass is 10.1. The van der Waals surface area contributed by atoms with Crippen LogP contribution in [0.4, 0.5) is 0 Å². The number of nitrogens with zero attached hydrogens (tertiary/aromatic N) is 3. The van der Waals surface area contributed by atoms with Crippen LogP contribution in [0.25, 0.3) is 0 Å². The second-order valence-corrected chi connectivity index (χ2v) is 5.97. The average Bonchev–Trinajstić information content (AvgIpc) is 3.12. The number of carbonyl (C=O) groups is 1. The van der Waals surface area contributed by atoms with Gasteiger partial charge >= 0.3 is 0 Å². The molecule has 1 aliphatic rings. The number of aromatic nitrogens is 2. The maximum absolute atomic E-state index is 13.0. The van der Waals surface area contributed by atoms with Crippen molar-refractivity contribution in [3.8, 4) is 0 Å². The zero-order valence-electron chi connectivity index (χ0n) is 13.5. The molecule has 0 N–H and O–H groups in total. The van der Waals surface area contributed by atoms with E-state index in [1.807, 2.05) is 30.0 Å². The topological polar surface area (TPSA) is 38.1 Å². The van der Waals surface area contributed by atoms with Gasteiger partial charge in [0, 0.05) is 36.9 Å². The van der Waals surface area contributed by atoms with Gasteiger partial charge in [-0.25, -0.2) is 0 Å². The molecule has 1 amide bonds. The number of pyridine rings is 1. The summed E-state index contributed by atoms with van der Waals surface area (Å²) in [6.07, 6.45) is 5.70. The van der Waals surface area contributed by atoms with Crippen LogP contribution in [0, 0.1) is 13.8 Å². The largest absolute Gasteiger partial charge is 0.349 e. The minimum Gasteiger partial charge on any atom is -0.349 e. The molecule has 3 heterocycles. The van der Waals surface area contributed by atoms with Gasteiger partial charge in [0.15, 0.2) is 0 Å². The van der Waals surface area contributed by atoms with Gasteiger partial charge in [-0.15, -0.1) is 0 Å². The number of hydrogen-bond donors (Lipinski definition) is 0. The van der Waals surface area contributed by atoms with Crippen LogP contribution in [-0.4, -0.2) is 26.9 Å². The predicted molar refractivity (Wildman–Crippen MR) is 86.8 cm³/mol. The van der Waals surface area contributed by atoms with E-state index >= 15 is 0 Å². The van der Waals surface area contributed by atoms with Crippen LogP contribution in [0.15, 0.2) is 30.6 Å². The molecule has 116 valence electrons. The number of aryl methyl sites for hydroxylation is 1. The molecule has 4 heteroatoms. The van der Waals surface area contributed by atoms with Gasteiger partial charge in [-0.2, -0.15) is 0 Å². The normalized spacial score (nSPS) is 18.0. The lowest BCUT2D eigenvalue weighted by Gasteiger charge is -2.25. The zero-order chi connectivity index (χ0) is 15.7. The van der Waals surface area contributed by atoms with E-state index in [-0.39, 0.29) is 11.9 Å². The van der Waals surface area contributed by atoms with Gasteiger partial charge in [0.05, 0.1) is 11.6 Å². The second kappa shape index (κ2) is 5.95. The summed E-state index contributed by atoms with van der Waals surface area (Å²) in [5.41, 5.74) is 4.26. The molecule has 0 bridgehead atoms. The van der Waals surface area contributed by atoms with Gasteiger partial charge in [-0.05, 0) is 57.4 Å². The lowest BCUT2D eigenvalue weighted by molar-refractivity contribution is 0.0734. The molecule has 3 rings (SSSR count). The van der Waals surface area contributed by atoms with E-state index in [4.69, 9.17) is 0 Å². The Kier molecular flexibility index (Phi) is 4.01. The monoisotopic (exact) mass is 297 g/mol. The zero-order valence-corrected chi connectivity index (χ0v) is 13.5. The standard InChI is InChI=1S/C18H23N3O/c1-4-20-13(2)12-16(14(20)3)18(22)21-11-5-6-17(21)15-7-9-19-10-8-15/h7-10,12,17H,4-6,11H2,1-3H3. The number of carbonyl (C=O) groups excluding carboxylic acids is 1. The highest BCUT2D eigenvalue weighted by Gasteiger charge is 2.32. The van der Waals surface area contributed by atoms with Crippen molar-refractivity contribution in [2.75, 3.05) is 6.54 Å². The van der Waals surface area contributed by atoms with Crippen LogP contribution >= 0.6 is 0 Å². The Labute approximate surface area is 131 Å². The molecule has 1 aliphatic heterocycles. The molecule has 22 heavy (non-hydrogen) atoms. The number of amides is 1. The maximum atomic E-state index is 13.0. The highest BCUT2D eigenvalue weighted by atomic mass is 16.2. The van der Waals surface area contributed by atoms with Crippen molar-refractivity contribution < 1.29 is 4.79 Å². The molecule has 1 atom stereocenters. The molecule has 0 aliphatic carbocycles. The van der Waals surface area contributed by atoms with Crippen molar-refractivity contribution in [2.45, 2.75) is 46.2 Å². The summed E-state index contributed by atoms with van der Waals surface area (Å²) in [5.74, 6) is 0.159. The van der Waals surface area contributed by atoms with Gasteiger partial charge < -0.3 is 9.47 Å². The molecular formula is C18H23N3O. The number of likely N-dealkylation sites (tertiary alicyclic amines) is 1. The fourth-order valence-electron chi connectivity index (χ4n) is 3.60. The number of hydrogen-bond acceptors (Lipinski definition) is 2. The first kappa shape index (κ1) is 14.8. The molecule has 1 fully saturated rings. The Bertz CT molecular complexity index is 675. The van der Waals surface area contributed by atoms with Crippen molar-refractivity contribution in [3.05, 3.63) is 53.1 Å². The molecule has 0 saturated carbocycles. The SMILES string of the molecule is CCn1c(C)cc(C(=O)N2CCCC2c2ccncc2)c1C. The average molecular weight is 297 g/mol. The summed E-state index contributed by atoms with van der Waals surface area (Å²) >= 11 is 0. The number of rotatable bonds is 3. The van der Waals surface area contributed by atoms with Crippen molar-refractivity contribution in [2.24, 2.45) is 0 Å². The van der Waals surface area contributed by atoms with E-state index in [1.54, 1.807) is 12.4 Å². The smallest absolute Gasteiger partial charge is 0.256 e. The molecule has 2 aromatic heterocycles. The third-order valence-corrected chi connectivity index (χ3v) is 4.72. The Morgan fingerprint density at radius 1 is 1.32 bits per heavy atom. The van der Waals surface area contributed by atoms with Crippen LogP contribution in [0.3, 0.4) is 0 Å². The third-order valence-electron chi connectivity index (χ3n) is 4.72. The molecule has 0 spiro atoms. The summed E-state index contributed by atoms with van der Waals surface area (Å²) in [7, 11) is 0. The first-order valence-corrected chi connectivity index (χ1v) is 8.01. The van der Waals surface area contributed by atoms with Crippen LogP contribution < -0.4 is 0 Å². The summed E-state index contributed by atoms with van der Waals surface area (Å²) < 4.78 is 2.20. The van der Waals surface area contributed by atoms with E-state index in [1.165, 1.54) is 5.56 Å². The Hall–Kier alpha value is -2.10. The van der Waals surface area contributed by atoms with Crippen LogP contribution in [-0.2, 0) is 6.54 Å². The van der Waals surface area contributed by atoms with E-state index < -0.39 is 0 Å². The fraction of sp³-hybridized carbons (Fsp3) is 0.444. The molecule has 4 nitrogen and oxygen atoms in total. The van der Waals surface area contributed by atoms with Gasteiger partial charge in [-0.1, -0.05) is 0 Å². The van der Waals surface area contributed by atoms with E-state index in [0.29, 0.717) is 0 Å². The molecule has 0 aromatic carbocycles. The Balaban J connectivity index is 1.91. The summed E-state index contributed by atoms with van der Waals surface area (Å²) in [5, 5.41) is 0. The summed E-state index contributed by atoms with van der Waals surface area (Å²) in [6, 6.07) is 6.25. The Morgan fingerprint density at radius 3 is 2.68 bits per heavy atom. The third kappa shape index (κ3) is 2.43. The van der Waals surface area contributed by atoms with Crippen LogP contribution in [0.5, 0.6) is 0 Å². The van der Waals surface area contributed by atoms with Gasteiger partial charge in [-0.3, -0.25) is 9.78 Å². The van der Waals surface area contributed by atoms with Crippen molar-refractivity contribution >= 4 is 5.91 Å². The molecule has 1 unspecified atom stereocenters. The Morgan fingerprint density at radius 2 is 2.05 bits per heavy atom. The van der Waals surface area contributed by atoms with E-state index in [2.05, 4.69) is 23.4 Å². The molecule has 2 aromatic rings. The highest BCUT2D eigenvalue weighted by molar-refractivity contribution is 5.96. The van der Waals surface area contributed by atoms with Gasteiger partial charge in [0.2, 0.25) is 0 Å². The maximum Gasteiger partial charge on any atom is 0.256 e. The quantitative estimate of drug-likeness (QED) is 0.869. The second-order valence-electron chi connectivity index (χ2n) is 5.97. The lowest BCUT2D eigenvalue weighted by Crippen LogP contribution is -2.30. The molecular weight excluding hydrogens is 274 g/mol. The van der Waals surface area contributed by atoms with Crippen molar-refractivity contribution in [1.29, 1.82) is 0 Å². The highest BCUT2D eigenvalue weighted by Crippen LogP contribution is 2.33. The van der Waals surface area contributed by atoms with E-state index in [0.717, 1.165) is 42.9 Å². The van der Waals surface area contributed by atoms with Crippen LogP contribution in [0.2, 0.25) is 0 Å². The molecule has 0 radical (unpaired) electrons. The van der Waals surface area contributed by atoms with E-state index in [9.17, 15) is 4.79 Å². The van der Waals surface area contributed by atoms with Crippen molar-refractivity contribution in [1.82, 2.24) is 14.5 Å². The first-order valence-electron chi connectivity index (χ1n) is 8.01. The molecule has 1 saturated heterocycles. The summed E-state index contributed by atoms with van der Waals surface area (Å²) in [6.45, 7) is 7.96. The predicted octanol–water partition coefficient (Wildman–Crippen LogP) is 3.50. The van der Waals surface area contributed by atoms with Crippen molar-refractivity contribution in [3.63, 3.8) is 0 Å².